The maximum Gasteiger partial charge on any atom is 0.163 e. The summed E-state index contributed by atoms with van der Waals surface area (Å²) in [7, 11) is 1.66. The molecule has 1 aromatic carbocycles. The van der Waals surface area contributed by atoms with Gasteiger partial charge in [-0.05, 0) is 31.5 Å². The van der Waals surface area contributed by atoms with Crippen LogP contribution in [0, 0.1) is 11.8 Å². The average molecular weight is 359 g/mol. The molecule has 0 spiro atoms. The zero-order valence-corrected chi connectivity index (χ0v) is 15.9. The van der Waals surface area contributed by atoms with Crippen LogP contribution in [0.5, 0.6) is 5.75 Å². The van der Waals surface area contributed by atoms with Gasteiger partial charge in [-0.3, -0.25) is 5.32 Å². The summed E-state index contributed by atoms with van der Waals surface area (Å²) in [5.74, 6) is 6.71. The first kappa shape index (κ1) is 20.5. The molecule has 0 aromatic heterocycles. The summed E-state index contributed by atoms with van der Waals surface area (Å²) >= 11 is 0. The number of hydrogen-bond acceptors (Lipinski definition) is 5. The van der Waals surface area contributed by atoms with Crippen LogP contribution in [-0.4, -0.2) is 44.8 Å². The van der Waals surface area contributed by atoms with Crippen LogP contribution in [0.4, 0.5) is 0 Å². The number of benzene rings is 1. The first-order valence-corrected chi connectivity index (χ1v) is 8.89. The Morgan fingerprint density at radius 3 is 2.77 bits per heavy atom. The molecule has 0 aliphatic carbocycles. The number of hydrogen-bond donors (Lipinski definition) is 1. The minimum absolute atomic E-state index is 0.0855. The van der Waals surface area contributed by atoms with Gasteiger partial charge in [0.25, 0.3) is 0 Å². The number of ether oxygens (including phenoxy) is 4. The number of nitrogens with one attached hydrogen (secondary N) is 1. The molecule has 26 heavy (non-hydrogen) atoms. The van der Waals surface area contributed by atoms with E-state index in [9.17, 15) is 0 Å². The van der Waals surface area contributed by atoms with E-state index >= 15 is 0 Å². The lowest BCUT2D eigenvalue weighted by atomic mass is 10.1. The molecule has 142 valence electrons. The summed E-state index contributed by atoms with van der Waals surface area (Å²) in [6.45, 7) is 9.92. The topological polar surface area (TPSA) is 49.0 Å². The van der Waals surface area contributed by atoms with Gasteiger partial charge in [0.2, 0.25) is 0 Å². The van der Waals surface area contributed by atoms with Gasteiger partial charge in [0, 0.05) is 13.0 Å². The van der Waals surface area contributed by atoms with Gasteiger partial charge < -0.3 is 18.9 Å². The molecule has 0 bridgehead atoms. The smallest absolute Gasteiger partial charge is 0.163 e. The molecule has 2 rings (SSSR count). The average Bonchev–Trinajstić information content (AvgIpc) is 3.00. The van der Waals surface area contributed by atoms with E-state index < -0.39 is 5.79 Å². The van der Waals surface area contributed by atoms with Crippen LogP contribution in [0.25, 0.3) is 0 Å². The van der Waals surface area contributed by atoms with E-state index in [1.165, 1.54) is 0 Å². The molecule has 0 amide bonds. The Bertz CT molecular complexity index is 615. The van der Waals surface area contributed by atoms with E-state index in [0.29, 0.717) is 32.8 Å². The van der Waals surface area contributed by atoms with Gasteiger partial charge in [0.1, 0.15) is 11.9 Å². The Hall–Kier alpha value is -1.84. The fourth-order valence-corrected chi connectivity index (χ4v) is 2.58. The van der Waals surface area contributed by atoms with Gasteiger partial charge >= 0.3 is 0 Å². The lowest BCUT2D eigenvalue weighted by molar-refractivity contribution is -0.139. The van der Waals surface area contributed by atoms with Crippen LogP contribution in [-0.2, 0) is 20.8 Å². The highest BCUT2D eigenvalue weighted by Gasteiger charge is 2.36. The molecule has 1 saturated heterocycles. The van der Waals surface area contributed by atoms with Crippen molar-refractivity contribution in [2.75, 3.05) is 26.9 Å². The first-order valence-electron chi connectivity index (χ1n) is 8.89. The van der Waals surface area contributed by atoms with Crippen molar-refractivity contribution in [3.8, 4) is 17.6 Å². The normalized spacial score (nSPS) is 19.4. The predicted molar refractivity (Wildman–Crippen MR) is 102 cm³/mol. The monoisotopic (exact) mass is 359 g/mol. The van der Waals surface area contributed by atoms with E-state index in [0.717, 1.165) is 11.3 Å². The number of rotatable bonds is 9. The van der Waals surface area contributed by atoms with Crippen molar-refractivity contribution >= 4 is 0 Å². The van der Waals surface area contributed by atoms with Crippen LogP contribution in [0.15, 0.2) is 36.9 Å². The van der Waals surface area contributed by atoms with E-state index in [1.54, 1.807) is 7.11 Å². The molecule has 1 aromatic rings. The molecule has 5 heteroatoms. The Labute approximate surface area is 156 Å². The van der Waals surface area contributed by atoms with Crippen LogP contribution in [0.1, 0.15) is 25.8 Å². The Balaban J connectivity index is 1.75. The van der Waals surface area contributed by atoms with Crippen molar-refractivity contribution in [1.82, 2.24) is 5.32 Å². The van der Waals surface area contributed by atoms with Crippen LogP contribution in [0.3, 0.4) is 0 Å². The molecule has 1 N–H and O–H groups in total. The first-order chi connectivity index (χ1) is 12.5. The van der Waals surface area contributed by atoms with E-state index in [1.807, 2.05) is 44.2 Å². The lowest BCUT2D eigenvalue weighted by Gasteiger charge is -2.21. The van der Waals surface area contributed by atoms with E-state index in [2.05, 4.69) is 23.7 Å². The summed E-state index contributed by atoms with van der Waals surface area (Å²) in [5, 5.41) is 3.33. The highest BCUT2D eigenvalue weighted by Crippen LogP contribution is 2.24. The third-order valence-corrected chi connectivity index (χ3v) is 3.94. The minimum atomic E-state index is -0.554. The molecule has 0 radical (unpaired) electrons. The molecule has 0 unspecified atom stereocenters. The van der Waals surface area contributed by atoms with Crippen LogP contribution < -0.4 is 10.1 Å². The molecule has 5 nitrogen and oxygen atoms in total. The quantitative estimate of drug-likeness (QED) is 0.417. The fraction of sp³-hybridized carbons (Fsp3) is 0.524. The van der Waals surface area contributed by atoms with Crippen LogP contribution in [0.2, 0.25) is 0 Å². The summed E-state index contributed by atoms with van der Waals surface area (Å²) in [6.07, 6.45) is 2.39. The summed E-state index contributed by atoms with van der Waals surface area (Å²) in [4.78, 5) is 0. The van der Waals surface area contributed by atoms with Gasteiger partial charge in [-0.15, -0.1) is 6.58 Å². The lowest BCUT2D eigenvalue weighted by Crippen LogP contribution is -2.41. The van der Waals surface area contributed by atoms with Gasteiger partial charge in [-0.1, -0.05) is 30.0 Å². The molecular weight excluding hydrogens is 330 g/mol. The standard InChI is InChI=1S/C21H29NO4/c1-5-13-22-19(20-16-25-21(2,3)26-20)8-6-7-14-24-15-17-9-11-18(23-4)12-10-17/h5,9-12,19-20,22H,1,7,13-16H2,2-4H3/t19-,20+/m0/s1. The van der Waals surface area contributed by atoms with Gasteiger partial charge in [-0.2, -0.15) is 0 Å². The number of methoxy groups -OCH3 is 1. The highest BCUT2D eigenvalue weighted by atomic mass is 16.7. The second-order valence-electron chi connectivity index (χ2n) is 6.51. The zero-order valence-electron chi connectivity index (χ0n) is 15.9. The second kappa shape index (κ2) is 10.3. The van der Waals surface area contributed by atoms with Crippen molar-refractivity contribution in [3.05, 3.63) is 42.5 Å². The fourth-order valence-electron chi connectivity index (χ4n) is 2.58. The Morgan fingerprint density at radius 2 is 2.15 bits per heavy atom. The SMILES string of the molecule is C=CCN[C@@H](C#CCCOCc1ccc(OC)cc1)[C@H]1COC(C)(C)O1. The van der Waals surface area contributed by atoms with Crippen molar-refractivity contribution < 1.29 is 18.9 Å². The van der Waals surface area contributed by atoms with Crippen molar-refractivity contribution in [2.24, 2.45) is 0 Å². The molecule has 1 fully saturated rings. The minimum Gasteiger partial charge on any atom is -0.497 e. The van der Waals surface area contributed by atoms with Gasteiger partial charge in [-0.25, -0.2) is 0 Å². The van der Waals surface area contributed by atoms with Gasteiger partial charge in [0.15, 0.2) is 5.79 Å². The Kier molecular flexibility index (Phi) is 8.14. The molecule has 2 atom stereocenters. The van der Waals surface area contributed by atoms with E-state index in [-0.39, 0.29) is 12.1 Å². The highest BCUT2D eigenvalue weighted by molar-refractivity contribution is 5.26. The molecule has 1 aliphatic rings. The van der Waals surface area contributed by atoms with Crippen molar-refractivity contribution in [3.63, 3.8) is 0 Å². The molecule has 0 saturated carbocycles. The third kappa shape index (κ3) is 6.81. The predicted octanol–water partition coefficient (Wildman–Crippen LogP) is 2.90. The molecule has 1 heterocycles. The summed E-state index contributed by atoms with van der Waals surface area (Å²) < 4.78 is 22.4. The maximum absolute atomic E-state index is 5.90. The summed E-state index contributed by atoms with van der Waals surface area (Å²) in [6, 6.07) is 7.77. The Morgan fingerprint density at radius 1 is 1.38 bits per heavy atom. The van der Waals surface area contributed by atoms with Crippen LogP contribution >= 0.6 is 0 Å². The zero-order chi connectivity index (χ0) is 18.8. The maximum atomic E-state index is 5.90. The van der Waals surface area contributed by atoms with Gasteiger partial charge in [0.05, 0.1) is 33.0 Å². The third-order valence-electron chi connectivity index (χ3n) is 3.94. The van der Waals surface area contributed by atoms with E-state index in [4.69, 9.17) is 18.9 Å². The molecule has 1 aliphatic heterocycles. The second-order valence-corrected chi connectivity index (χ2v) is 6.51. The summed E-state index contributed by atoms with van der Waals surface area (Å²) in [5.41, 5.74) is 1.11. The van der Waals surface area contributed by atoms with Crippen molar-refractivity contribution in [1.29, 1.82) is 0 Å². The molecular formula is C21H29NO4. The van der Waals surface area contributed by atoms with Crippen molar-refractivity contribution in [2.45, 2.75) is 44.8 Å². The largest absolute Gasteiger partial charge is 0.497 e.